The van der Waals surface area contributed by atoms with Crippen LogP contribution in [0.2, 0.25) is 0 Å². The zero-order valence-electron chi connectivity index (χ0n) is 10.9. The van der Waals surface area contributed by atoms with Gasteiger partial charge in [-0.05, 0) is 47.7 Å². The van der Waals surface area contributed by atoms with Gasteiger partial charge in [-0.2, -0.15) is 0 Å². The molecule has 0 atom stereocenters. The van der Waals surface area contributed by atoms with Crippen molar-refractivity contribution in [3.63, 3.8) is 0 Å². The van der Waals surface area contributed by atoms with Crippen molar-refractivity contribution in [1.82, 2.24) is 25.5 Å². The van der Waals surface area contributed by atoms with Gasteiger partial charge in [0.05, 0.1) is 12.2 Å². The minimum atomic E-state index is -0.0589. The number of anilines is 1. The number of nitrogens with one attached hydrogen (secondary N) is 2. The Morgan fingerprint density at radius 1 is 1.42 bits per heavy atom. The molecule has 0 bridgehead atoms. The van der Waals surface area contributed by atoms with Gasteiger partial charge >= 0.3 is 0 Å². The highest BCUT2D eigenvalue weighted by atomic mass is 16.1. The van der Waals surface area contributed by atoms with E-state index in [1.54, 1.807) is 4.68 Å². The molecule has 7 nitrogen and oxygen atoms in total. The smallest absolute Gasteiger partial charge is 0.238 e. The predicted octanol–water partition coefficient (Wildman–Crippen LogP) is 0.519. The third-order valence-corrected chi connectivity index (χ3v) is 2.61. The molecule has 0 fully saturated rings. The van der Waals surface area contributed by atoms with E-state index >= 15 is 0 Å². The van der Waals surface area contributed by atoms with E-state index in [4.69, 9.17) is 0 Å². The van der Waals surface area contributed by atoms with Crippen LogP contribution in [0.3, 0.4) is 0 Å². The minimum absolute atomic E-state index is 0.0589. The molecule has 100 valence electrons. The summed E-state index contributed by atoms with van der Waals surface area (Å²) in [6.45, 7) is 4.98. The number of likely N-dealkylation sites (N-methyl/N-ethyl adjacent to an activating group) is 1. The number of carbonyl (C=O) groups excluding carboxylic acids is 1. The van der Waals surface area contributed by atoms with Crippen molar-refractivity contribution < 1.29 is 4.79 Å². The molecule has 0 unspecified atom stereocenters. The average Bonchev–Trinajstić information content (AvgIpc) is 2.90. The summed E-state index contributed by atoms with van der Waals surface area (Å²) in [6.07, 6.45) is 1.53. The fourth-order valence-corrected chi connectivity index (χ4v) is 1.71. The van der Waals surface area contributed by atoms with Crippen LogP contribution in [0.5, 0.6) is 0 Å². The fourth-order valence-electron chi connectivity index (χ4n) is 1.71. The number of aromatic nitrogens is 4. The first kappa shape index (κ1) is 13.2. The summed E-state index contributed by atoms with van der Waals surface area (Å²) < 4.78 is 1.58. The normalized spacial score (nSPS) is 10.4. The van der Waals surface area contributed by atoms with E-state index in [0.717, 1.165) is 23.5 Å². The number of hydrogen-bond acceptors (Lipinski definition) is 5. The van der Waals surface area contributed by atoms with Crippen LogP contribution in [0.15, 0.2) is 24.5 Å². The lowest BCUT2D eigenvalue weighted by Crippen LogP contribution is -2.27. The number of amides is 1. The van der Waals surface area contributed by atoms with Crippen LogP contribution >= 0.6 is 0 Å². The topological polar surface area (TPSA) is 84.7 Å². The molecule has 1 aromatic heterocycles. The molecule has 1 amide bonds. The minimum Gasteiger partial charge on any atom is -0.325 e. The molecule has 0 spiro atoms. The van der Waals surface area contributed by atoms with Crippen LogP contribution in [-0.2, 0) is 4.79 Å². The second-order valence-electron chi connectivity index (χ2n) is 4.08. The van der Waals surface area contributed by atoms with E-state index in [1.165, 1.54) is 6.33 Å². The van der Waals surface area contributed by atoms with Crippen molar-refractivity contribution in [2.45, 2.75) is 13.8 Å². The standard InChI is InChI=1S/C12H16N6O/c1-3-13-7-12(19)15-10-4-5-11(9(2)6-10)18-8-14-16-17-18/h4-6,8,13H,3,7H2,1-2H3,(H,15,19). The first-order valence-corrected chi connectivity index (χ1v) is 6.05. The zero-order valence-corrected chi connectivity index (χ0v) is 10.9. The molecular formula is C12H16N6O. The van der Waals surface area contributed by atoms with Crippen LogP contribution in [-0.4, -0.2) is 39.2 Å². The van der Waals surface area contributed by atoms with E-state index in [-0.39, 0.29) is 5.91 Å². The molecule has 0 saturated heterocycles. The largest absolute Gasteiger partial charge is 0.325 e. The first-order chi connectivity index (χ1) is 9.20. The lowest BCUT2D eigenvalue weighted by atomic mass is 10.2. The average molecular weight is 260 g/mol. The van der Waals surface area contributed by atoms with Crippen molar-refractivity contribution in [3.8, 4) is 5.69 Å². The van der Waals surface area contributed by atoms with Crippen LogP contribution in [0.4, 0.5) is 5.69 Å². The van der Waals surface area contributed by atoms with E-state index in [2.05, 4.69) is 26.2 Å². The summed E-state index contributed by atoms with van der Waals surface area (Å²) >= 11 is 0. The molecule has 0 aliphatic heterocycles. The molecule has 0 saturated carbocycles. The summed E-state index contributed by atoms with van der Waals surface area (Å²) in [5, 5.41) is 16.8. The summed E-state index contributed by atoms with van der Waals surface area (Å²) in [7, 11) is 0. The molecule has 0 aliphatic carbocycles. The number of benzene rings is 1. The highest BCUT2D eigenvalue weighted by Gasteiger charge is 2.06. The van der Waals surface area contributed by atoms with E-state index in [0.29, 0.717) is 6.54 Å². The molecule has 0 radical (unpaired) electrons. The SMILES string of the molecule is CCNCC(=O)Nc1ccc(-n2cnnn2)c(C)c1. The Balaban J connectivity index is 2.09. The maximum atomic E-state index is 11.6. The summed E-state index contributed by atoms with van der Waals surface area (Å²) in [6, 6.07) is 5.59. The van der Waals surface area contributed by atoms with Gasteiger partial charge in [-0.3, -0.25) is 4.79 Å². The predicted molar refractivity (Wildman–Crippen MR) is 71.1 cm³/mol. The monoisotopic (exact) mass is 260 g/mol. The van der Waals surface area contributed by atoms with Gasteiger partial charge in [-0.15, -0.1) is 5.10 Å². The van der Waals surface area contributed by atoms with Crippen LogP contribution in [0.1, 0.15) is 12.5 Å². The van der Waals surface area contributed by atoms with Crippen molar-refractivity contribution in [2.75, 3.05) is 18.4 Å². The van der Waals surface area contributed by atoms with Gasteiger partial charge in [0.15, 0.2) is 0 Å². The molecule has 2 aromatic rings. The van der Waals surface area contributed by atoms with Gasteiger partial charge in [0.25, 0.3) is 0 Å². The Bertz CT molecular complexity index is 551. The highest BCUT2D eigenvalue weighted by molar-refractivity contribution is 5.92. The van der Waals surface area contributed by atoms with Crippen molar-refractivity contribution in [1.29, 1.82) is 0 Å². The summed E-state index contributed by atoms with van der Waals surface area (Å²) in [5.74, 6) is -0.0589. The molecule has 0 aliphatic rings. The molecular weight excluding hydrogens is 244 g/mol. The van der Waals surface area contributed by atoms with Gasteiger partial charge in [-0.1, -0.05) is 6.92 Å². The van der Waals surface area contributed by atoms with E-state index < -0.39 is 0 Å². The highest BCUT2D eigenvalue weighted by Crippen LogP contribution is 2.17. The number of hydrogen-bond donors (Lipinski definition) is 2. The molecule has 2 rings (SSSR count). The maximum Gasteiger partial charge on any atom is 0.238 e. The molecule has 1 aromatic carbocycles. The third-order valence-electron chi connectivity index (χ3n) is 2.61. The van der Waals surface area contributed by atoms with Crippen LogP contribution in [0, 0.1) is 6.92 Å². The van der Waals surface area contributed by atoms with Gasteiger partial charge < -0.3 is 10.6 Å². The van der Waals surface area contributed by atoms with Crippen LogP contribution < -0.4 is 10.6 Å². The van der Waals surface area contributed by atoms with Gasteiger partial charge in [0.2, 0.25) is 5.91 Å². The summed E-state index contributed by atoms with van der Waals surface area (Å²) in [5.41, 5.74) is 2.63. The van der Waals surface area contributed by atoms with Gasteiger partial charge in [0.1, 0.15) is 6.33 Å². The van der Waals surface area contributed by atoms with Crippen molar-refractivity contribution in [2.24, 2.45) is 0 Å². The zero-order chi connectivity index (χ0) is 13.7. The number of nitrogens with zero attached hydrogens (tertiary/aromatic N) is 4. The lowest BCUT2D eigenvalue weighted by Gasteiger charge is -2.09. The Labute approximate surface area is 111 Å². The number of carbonyl (C=O) groups is 1. The lowest BCUT2D eigenvalue weighted by molar-refractivity contribution is -0.115. The Hall–Kier alpha value is -2.28. The number of aryl methyl sites for hydroxylation is 1. The third kappa shape index (κ3) is 3.35. The van der Waals surface area contributed by atoms with E-state index in [1.807, 2.05) is 32.0 Å². The van der Waals surface area contributed by atoms with Gasteiger partial charge in [-0.25, -0.2) is 4.68 Å². The molecule has 1 heterocycles. The number of tetrazole rings is 1. The Morgan fingerprint density at radius 2 is 2.26 bits per heavy atom. The fraction of sp³-hybridized carbons (Fsp3) is 0.333. The van der Waals surface area contributed by atoms with E-state index in [9.17, 15) is 4.79 Å². The number of rotatable bonds is 5. The van der Waals surface area contributed by atoms with Crippen molar-refractivity contribution in [3.05, 3.63) is 30.1 Å². The Morgan fingerprint density at radius 3 is 2.89 bits per heavy atom. The summed E-state index contributed by atoms with van der Waals surface area (Å²) in [4.78, 5) is 11.6. The van der Waals surface area contributed by atoms with Crippen LogP contribution in [0.25, 0.3) is 5.69 Å². The maximum absolute atomic E-state index is 11.6. The second-order valence-corrected chi connectivity index (χ2v) is 4.08. The second kappa shape index (κ2) is 6.05. The van der Waals surface area contributed by atoms with Gasteiger partial charge in [0, 0.05) is 5.69 Å². The quantitative estimate of drug-likeness (QED) is 0.818. The van der Waals surface area contributed by atoms with Crippen molar-refractivity contribution >= 4 is 11.6 Å². The first-order valence-electron chi connectivity index (χ1n) is 6.05. The molecule has 2 N–H and O–H groups in total. The molecule has 19 heavy (non-hydrogen) atoms. The Kier molecular flexibility index (Phi) is 4.19. The molecule has 7 heteroatoms.